The van der Waals surface area contributed by atoms with Crippen molar-refractivity contribution in [1.29, 1.82) is 0 Å². The number of nitrogens with two attached hydrogens (primary N) is 1. The van der Waals surface area contributed by atoms with E-state index in [0.29, 0.717) is 11.0 Å². The predicted octanol–water partition coefficient (Wildman–Crippen LogP) is 3.10. The number of rotatable bonds is 5. The number of anilines is 1. The van der Waals surface area contributed by atoms with Gasteiger partial charge in [-0.1, -0.05) is 42.1 Å². The first-order valence-electron chi connectivity index (χ1n) is 8.67. The average molecular weight is 401 g/mol. The second kappa shape index (κ2) is 7.84. The predicted molar refractivity (Wildman–Crippen MR) is 109 cm³/mol. The highest BCUT2D eigenvalue weighted by Gasteiger charge is 2.24. The molecule has 0 spiro atoms. The molecule has 0 fully saturated rings. The number of fused-ring (bicyclic) bond motifs is 3. The van der Waals surface area contributed by atoms with Crippen LogP contribution >= 0.6 is 23.1 Å². The molecule has 8 heteroatoms. The number of methoxy groups -OCH3 is 1. The first-order valence-corrected chi connectivity index (χ1v) is 10.5. The van der Waals surface area contributed by atoms with E-state index < -0.39 is 0 Å². The Hall–Kier alpha value is -2.16. The summed E-state index contributed by atoms with van der Waals surface area (Å²) in [6.45, 7) is 2.83. The van der Waals surface area contributed by atoms with Crippen molar-refractivity contribution in [2.75, 3.05) is 25.1 Å². The fraction of sp³-hybridized carbons (Fsp3) is 0.316. The van der Waals surface area contributed by atoms with Crippen LogP contribution in [-0.2, 0) is 29.0 Å². The smallest absolute Gasteiger partial charge is 0.316 e. The van der Waals surface area contributed by atoms with E-state index in [9.17, 15) is 4.79 Å². The van der Waals surface area contributed by atoms with Crippen molar-refractivity contribution in [3.63, 3.8) is 0 Å². The molecule has 2 aromatic heterocycles. The number of nitrogens with zero attached hydrogens (tertiary/aromatic N) is 3. The van der Waals surface area contributed by atoms with Gasteiger partial charge in [0.15, 0.2) is 5.16 Å². The van der Waals surface area contributed by atoms with Crippen LogP contribution in [0.4, 0.5) is 5.82 Å². The normalized spacial score (nSPS) is 14.3. The van der Waals surface area contributed by atoms with Crippen LogP contribution in [-0.4, -0.2) is 40.2 Å². The quantitative estimate of drug-likeness (QED) is 0.400. The van der Waals surface area contributed by atoms with Gasteiger partial charge in [0.25, 0.3) is 0 Å². The summed E-state index contributed by atoms with van der Waals surface area (Å²) >= 11 is 2.93. The molecule has 1 aromatic carbocycles. The van der Waals surface area contributed by atoms with Gasteiger partial charge >= 0.3 is 5.97 Å². The molecule has 0 amide bonds. The molecule has 140 valence electrons. The van der Waals surface area contributed by atoms with Crippen LogP contribution in [0.25, 0.3) is 10.2 Å². The van der Waals surface area contributed by atoms with Crippen molar-refractivity contribution in [1.82, 2.24) is 14.9 Å². The molecule has 0 aliphatic carbocycles. The summed E-state index contributed by atoms with van der Waals surface area (Å²) in [5, 5.41) is 1.50. The third-order valence-corrected chi connectivity index (χ3v) is 6.51. The molecule has 0 radical (unpaired) electrons. The highest BCUT2D eigenvalue weighted by atomic mass is 32.2. The third kappa shape index (κ3) is 3.92. The summed E-state index contributed by atoms with van der Waals surface area (Å²) in [5.74, 6) is 0.378. The fourth-order valence-corrected chi connectivity index (χ4v) is 5.29. The summed E-state index contributed by atoms with van der Waals surface area (Å²) in [5.41, 5.74) is 8.84. The minimum Gasteiger partial charge on any atom is -0.468 e. The van der Waals surface area contributed by atoms with Gasteiger partial charge in [-0.3, -0.25) is 9.69 Å². The monoisotopic (exact) mass is 400 g/mol. The van der Waals surface area contributed by atoms with Crippen molar-refractivity contribution < 1.29 is 9.53 Å². The molecule has 0 bridgehead atoms. The summed E-state index contributed by atoms with van der Waals surface area (Å²) in [4.78, 5) is 25.0. The second-order valence-corrected chi connectivity index (χ2v) is 8.41. The minimum atomic E-state index is -0.302. The van der Waals surface area contributed by atoms with Crippen molar-refractivity contribution in [2.24, 2.45) is 0 Å². The lowest BCUT2D eigenvalue weighted by atomic mass is 10.0. The van der Waals surface area contributed by atoms with E-state index in [0.717, 1.165) is 36.3 Å². The maximum atomic E-state index is 11.3. The standard InChI is InChI=1S/C19H20N4O2S2/c1-25-15(24)11-26-19-21-17(20)16-13-7-8-23(9-12-5-3-2-4-6-12)10-14(13)27-18(16)22-19/h2-6H,7-11H2,1H3,(H2,20,21,22). The van der Waals surface area contributed by atoms with Gasteiger partial charge in [0, 0.05) is 24.5 Å². The Kier molecular flexibility index (Phi) is 5.29. The zero-order chi connectivity index (χ0) is 18.8. The van der Waals surface area contributed by atoms with Crippen LogP contribution < -0.4 is 5.73 Å². The number of thiophene rings is 1. The lowest BCUT2D eigenvalue weighted by Gasteiger charge is -2.26. The van der Waals surface area contributed by atoms with Crippen LogP contribution in [0.5, 0.6) is 0 Å². The number of ether oxygens (including phenoxy) is 1. The molecule has 0 saturated carbocycles. The number of nitrogen functional groups attached to an aromatic ring is 1. The Balaban J connectivity index is 1.56. The zero-order valence-corrected chi connectivity index (χ0v) is 16.6. The Morgan fingerprint density at radius 2 is 2.15 bits per heavy atom. The Bertz CT molecular complexity index is 975. The van der Waals surface area contributed by atoms with E-state index in [1.165, 1.54) is 34.9 Å². The van der Waals surface area contributed by atoms with Gasteiger partial charge < -0.3 is 10.5 Å². The Morgan fingerprint density at radius 1 is 1.33 bits per heavy atom. The van der Waals surface area contributed by atoms with Gasteiger partial charge in [-0.25, -0.2) is 9.97 Å². The van der Waals surface area contributed by atoms with E-state index in [2.05, 4.69) is 43.9 Å². The molecule has 3 aromatic rings. The molecule has 0 saturated heterocycles. The molecule has 0 unspecified atom stereocenters. The van der Waals surface area contributed by atoms with Crippen molar-refractivity contribution in [2.45, 2.75) is 24.7 Å². The molecule has 4 rings (SSSR count). The van der Waals surface area contributed by atoms with Crippen LogP contribution in [0.15, 0.2) is 35.5 Å². The molecule has 3 heterocycles. The zero-order valence-electron chi connectivity index (χ0n) is 15.0. The maximum absolute atomic E-state index is 11.3. The van der Waals surface area contributed by atoms with Crippen LogP contribution in [0.1, 0.15) is 16.0 Å². The van der Waals surface area contributed by atoms with Gasteiger partial charge in [-0.2, -0.15) is 0 Å². The second-order valence-electron chi connectivity index (χ2n) is 6.39. The number of hydrogen-bond donors (Lipinski definition) is 1. The number of carbonyl (C=O) groups is 1. The fourth-order valence-electron chi connectivity index (χ4n) is 3.28. The molecule has 27 heavy (non-hydrogen) atoms. The highest BCUT2D eigenvalue weighted by Crippen LogP contribution is 2.38. The summed E-state index contributed by atoms with van der Waals surface area (Å²) in [7, 11) is 1.37. The van der Waals surface area contributed by atoms with E-state index in [1.54, 1.807) is 11.3 Å². The van der Waals surface area contributed by atoms with Crippen molar-refractivity contribution >= 4 is 45.1 Å². The van der Waals surface area contributed by atoms with Crippen molar-refractivity contribution in [3.05, 3.63) is 46.3 Å². The van der Waals surface area contributed by atoms with E-state index in [-0.39, 0.29) is 11.7 Å². The molecule has 0 atom stereocenters. The Labute approximate surface area is 165 Å². The number of esters is 1. The van der Waals surface area contributed by atoms with Gasteiger partial charge in [0.1, 0.15) is 10.6 Å². The molecular formula is C19H20N4O2S2. The molecular weight excluding hydrogens is 380 g/mol. The lowest BCUT2D eigenvalue weighted by Crippen LogP contribution is -2.29. The summed E-state index contributed by atoms with van der Waals surface area (Å²) < 4.78 is 4.67. The SMILES string of the molecule is COC(=O)CSc1nc(N)c2c3c(sc2n1)CN(Cc1ccccc1)CC3. The van der Waals surface area contributed by atoms with Gasteiger partial charge in [0.2, 0.25) is 0 Å². The maximum Gasteiger partial charge on any atom is 0.316 e. The molecule has 2 N–H and O–H groups in total. The van der Waals surface area contributed by atoms with Crippen LogP contribution in [0.3, 0.4) is 0 Å². The van der Waals surface area contributed by atoms with Crippen LogP contribution in [0, 0.1) is 0 Å². The van der Waals surface area contributed by atoms with Gasteiger partial charge in [-0.15, -0.1) is 11.3 Å². The first kappa shape index (κ1) is 18.2. The number of benzene rings is 1. The largest absolute Gasteiger partial charge is 0.468 e. The lowest BCUT2D eigenvalue weighted by molar-refractivity contribution is -0.137. The number of thioether (sulfide) groups is 1. The van der Waals surface area contributed by atoms with E-state index in [1.807, 2.05) is 6.07 Å². The molecule has 1 aliphatic rings. The van der Waals surface area contributed by atoms with Gasteiger partial charge in [-0.05, 0) is 17.5 Å². The van der Waals surface area contributed by atoms with Crippen LogP contribution in [0.2, 0.25) is 0 Å². The summed E-state index contributed by atoms with van der Waals surface area (Å²) in [6.07, 6.45) is 0.949. The van der Waals surface area contributed by atoms with E-state index in [4.69, 9.17) is 5.73 Å². The van der Waals surface area contributed by atoms with E-state index >= 15 is 0 Å². The third-order valence-electron chi connectivity index (χ3n) is 4.58. The topological polar surface area (TPSA) is 81.3 Å². The number of carbonyl (C=O) groups excluding carboxylic acids is 1. The average Bonchev–Trinajstić information content (AvgIpc) is 3.04. The minimum absolute atomic E-state index is 0.178. The highest BCUT2D eigenvalue weighted by molar-refractivity contribution is 7.99. The molecule has 6 nitrogen and oxygen atoms in total. The number of hydrogen-bond acceptors (Lipinski definition) is 8. The van der Waals surface area contributed by atoms with Crippen molar-refractivity contribution in [3.8, 4) is 0 Å². The Morgan fingerprint density at radius 3 is 2.93 bits per heavy atom. The molecule has 1 aliphatic heterocycles. The first-order chi connectivity index (χ1) is 13.1. The summed E-state index contributed by atoms with van der Waals surface area (Å²) in [6, 6.07) is 10.5. The van der Waals surface area contributed by atoms with Gasteiger partial charge in [0.05, 0.1) is 18.2 Å². The number of aromatic nitrogens is 2.